The highest BCUT2D eigenvalue weighted by Crippen LogP contribution is 2.23. The lowest BCUT2D eigenvalue weighted by molar-refractivity contribution is 0.0601. The third-order valence-corrected chi connectivity index (χ3v) is 4.73. The van der Waals surface area contributed by atoms with Gasteiger partial charge in [-0.25, -0.2) is 0 Å². The van der Waals surface area contributed by atoms with Crippen LogP contribution in [0.5, 0.6) is 0 Å². The number of nitrogens with zero attached hydrogens (tertiary/aromatic N) is 2. The minimum absolute atomic E-state index is 0.0443. The summed E-state index contributed by atoms with van der Waals surface area (Å²) in [7, 11) is 0. The number of pyridine rings is 2. The van der Waals surface area contributed by atoms with Gasteiger partial charge in [0.25, 0.3) is 11.5 Å². The van der Waals surface area contributed by atoms with E-state index in [4.69, 9.17) is 11.6 Å². The molecule has 0 bridgehead atoms. The minimum Gasteiger partial charge on any atom is -0.336 e. The number of H-pyrrole nitrogens is 1. The molecule has 0 aliphatic carbocycles. The summed E-state index contributed by atoms with van der Waals surface area (Å²) in [4.78, 5) is 33.0. The highest BCUT2D eigenvalue weighted by atomic mass is 35.5. The fraction of sp³-hybridized carbons (Fsp3) is 0.389. The Balaban J connectivity index is 1.72. The second-order valence-electron chi connectivity index (χ2n) is 6.07. The van der Waals surface area contributed by atoms with Crippen molar-refractivity contribution in [2.75, 3.05) is 6.54 Å². The number of aryl methyl sites for hydroxylation is 1. The van der Waals surface area contributed by atoms with Gasteiger partial charge >= 0.3 is 0 Å². The van der Waals surface area contributed by atoms with E-state index in [0.717, 1.165) is 44.3 Å². The van der Waals surface area contributed by atoms with Gasteiger partial charge in [-0.05, 0) is 50.3 Å². The summed E-state index contributed by atoms with van der Waals surface area (Å²) in [5.41, 5.74) is 1.10. The van der Waals surface area contributed by atoms with Crippen LogP contribution in [0.25, 0.3) is 0 Å². The van der Waals surface area contributed by atoms with Crippen LogP contribution in [0.2, 0.25) is 5.02 Å². The lowest BCUT2D eigenvalue weighted by Crippen LogP contribution is -2.44. The first kappa shape index (κ1) is 16.7. The summed E-state index contributed by atoms with van der Waals surface area (Å²) >= 11 is 5.85. The molecule has 0 unspecified atom stereocenters. The quantitative estimate of drug-likeness (QED) is 0.926. The first-order chi connectivity index (χ1) is 11.6. The van der Waals surface area contributed by atoms with E-state index in [1.165, 1.54) is 12.3 Å². The van der Waals surface area contributed by atoms with Crippen molar-refractivity contribution in [3.63, 3.8) is 0 Å². The van der Waals surface area contributed by atoms with Crippen LogP contribution in [-0.2, 0) is 6.42 Å². The maximum atomic E-state index is 12.8. The number of piperidine rings is 1. The molecule has 126 valence electrons. The van der Waals surface area contributed by atoms with Crippen LogP contribution in [0.15, 0.2) is 41.5 Å². The molecule has 0 spiro atoms. The molecule has 2 aromatic rings. The molecule has 2 aromatic heterocycles. The van der Waals surface area contributed by atoms with E-state index in [1.807, 2.05) is 23.1 Å². The molecule has 1 atom stereocenters. The maximum absolute atomic E-state index is 12.8. The SMILES string of the molecule is O=C(c1c[nH]c(=O)c(Cl)c1)N1CCCC[C@H]1CCc1ccccn1. The van der Waals surface area contributed by atoms with E-state index in [0.29, 0.717) is 5.56 Å². The van der Waals surface area contributed by atoms with Crippen LogP contribution in [0.3, 0.4) is 0 Å². The number of hydrogen-bond acceptors (Lipinski definition) is 3. The molecule has 0 aromatic carbocycles. The summed E-state index contributed by atoms with van der Waals surface area (Å²) in [6.45, 7) is 0.739. The van der Waals surface area contributed by atoms with E-state index in [2.05, 4.69) is 9.97 Å². The van der Waals surface area contributed by atoms with Crippen LogP contribution < -0.4 is 5.56 Å². The number of halogens is 1. The van der Waals surface area contributed by atoms with Gasteiger partial charge in [-0.15, -0.1) is 0 Å². The maximum Gasteiger partial charge on any atom is 0.266 e. The van der Waals surface area contributed by atoms with E-state index in [9.17, 15) is 9.59 Å². The Morgan fingerprint density at radius 2 is 2.25 bits per heavy atom. The van der Waals surface area contributed by atoms with Crippen molar-refractivity contribution in [1.82, 2.24) is 14.9 Å². The van der Waals surface area contributed by atoms with Crippen molar-refractivity contribution in [3.8, 4) is 0 Å². The second-order valence-corrected chi connectivity index (χ2v) is 6.48. The lowest BCUT2D eigenvalue weighted by Gasteiger charge is -2.36. The molecule has 1 aliphatic rings. The Bertz CT molecular complexity index is 760. The van der Waals surface area contributed by atoms with Crippen LogP contribution in [0.4, 0.5) is 0 Å². The Kier molecular flexibility index (Phi) is 5.30. The molecular weight excluding hydrogens is 326 g/mol. The number of amides is 1. The Morgan fingerprint density at radius 3 is 3.00 bits per heavy atom. The van der Waals surface area contributed by atoms with E-state index >= 15 is 0 Å². The van der Waals surface area contributed by atoms with Gasteiger partial charge in [0.05, 0.1) is 5.56 Å². The normalized spacial score (nSPS) is 17.7. The van der Waals surface area contributed by atoms with Gasteiger partial charge in [0.2, 0.25) is 0 Å². The Labute approximate surface area is 145 Å². The van der Waals surface area contributed by atoms with Crippen LogP contribution >= 0.6 is 11.6 Å². The predicted molar refractivity (Wildman–Crippen MR) is 93.3 cm³/mol. The highest BCUT2D eigenvalue weighted by molar-refractivity contribution is 6.30. The molecule has 1 amide bonds. The van der Waals surface area contributed by atoms with Crippen molar-refractivity contribution >= 4 is 17.5 Å². The Hall–Kier alpha value is -2.14. The smallest absolute Gasteiger partial charge is 0.266 e. The summed E-state index contributed by atoms with van der Waals surface area (Å²) in [5.74, 6) is -0.0705. The van der Waals surface area contributed by atoms with Crippen molar-refractivity contribution in [3.05, 3.63) is 63.3 Å². The zero-order valence-electron chi connectivity index (χ0n) is 13.4. The Morgan fingerprint density at radius 1 is 1.38 bits per heavy atom. The van der Waals surface area contributed by atoms with Gasteiger partial charge in [0.1, 0.15) is 5.02 Å². The summed E-state index contributed by atoms with van der Waals surface area (Å²) in [6.07, 6.45) is 8.10. The number of aromatic amines is 1. The molecule has 6 heteroatoms. The third kappa shape index (κ3) is 3.85. The van der Waals surface area contributed by atoms with Crippen molar-refractivity contribution in [2.24, 2.45) is 0 Å². The van der Waals surface area contributed by atoms with Gasteiger partial charge in [-0.3, -0.25) is 14.6 Å². The third-order valence-electron chi connectivity index (χ3n) is 4.45. The molecule has 1 aliphatic heterocycles. The molecule has 0 saturated carbocycles. The fourth-order valence-corrected chi connectivity index (χ4v) is 3.35. The molecule has 5 nitrogen and oxygen atoms in total. The first-order valence-corrected chi connectivity index (χ1v) is 8.62. The zero-order valence-corrected chi connectivity index (χ0v) is 14.1. The van der Waals surface area contributed by atoms with Crippen LogP contribution in [-0.4, -0.2) is 33.4 Å². The number of carbonyl (C=O) groups is 1. The largest absolute Gasteiger partial charge is 0.336 e. The average Bonchev–Trinajstić information content (AvgIpc) is 2.63. The summed E-state index contributed by atoms with van der Waals surface area (Å²) in [5, 5.41) is 0.0443. The molecule has 0 radical (unpaired) electrons. The molecular formula is C18H20ClN3O2. The molecule has 3 rings (SSSR count). The summed E-state index contributed by atoms with van der Waals surface area (Å²) in [6, 6.07) is 7.54. The first-order valence-electron chi connectivity index (χ1n) is 8.24. The van der Waals surface area contributed by atoms with E-state index < -0.39 is 0 Å². The number of rotatable bonds is 4. The van der Waals surface area contributed by atoms with E-state index in [-0.39, 0.29) is 22.5 Å². The number of likely N-dealkylation sites (tertiary alicyclic amines) is 1. The lowest BCUT2D eigenvalue weighted by atomic mass is 9.96. The predicted octanol–water partition coefficient (Wildman–Crippen LogP) is 3.05. The fourth-order valence-electron chi connectivity index (χ4n) is 3.17. The second kappa shape index (κ2) is 7.62. The van der Waals surface area contributed by atoms with Crippen molar-refractivity contribution in [2.45, 2.75) is 38.1 Å². The van der Waals surface area contributed by atoms with E-state index in [1.54, 1.807) is 6.20 Å². The van der Waals surface area contributed by atoms with Gasteiger partial charge in [0, 0.05) is 30.7 Å². The topological polar surface area (TPSA) is 66.1 Å². The number of aromatic nitrogens is 2. The molecule has 24 heavy (non-hydrogen) atoms. The van der Waals surface area contributed by atoms with Crippen LogP contribution in [0, 0.1) is 0 Å². The van der Waals surface area contributed by atoms with Crippen LogP contribution in [0.1, 0.15) is 41.7 Å². The van der Waals surface area contributed by atoms with Gasteiger partial charge < -0.3 is 9.88 Å². The molecule has 3 heterocycles. The molecule has 1 fully saturated rings. The number of carbonyl (C=O) groups excluding carboxylic acids is 1. The number of nitrogens with one attached hydrogen (secondary N) is 1. The standard InChI is InChI=1S/C18H20ClN3O2/c19-16-11-13(12-21-17(16)23)18(24)22-10-4-2-6-15(22)8-7-14-5-1-3-9-20-14/h1,3,5,9,11-12,15H,2,4,6-8,10H2,(H,21,23)/t15-/m0/s1. The van der Waals surface area contributed by atoms with Gasteiger partial charge in [-0.2, -0.15) is 0 Å². The van der Waals surface area contributed by atoms with Gasteiger partial charge in [0.15, 0.2) is 0 Å². The zero-order chi connectivity index (χ0) is 16.9. The molecule has 1 saturated heterocycles. The van der Waals surface area contributed by atoms with Gasteiger partial charge in [-0.1, -0.05) is 17.7 Å². The highest BCUT2D eigenvalue weighted by Gasteiger charge is 2.27. The number of hydrogen-bond donors (Lipinski definition) is 1. The average molecular weight is 346 g/mol. The van der Waals surface area contributed by atoms with Crippen molar-refractivity contribution in [1.29, 1.82) is 0 Å². The molecule has 1 N–H and O–H groups in total. The monoisotopic (exact) mass is 345 g/mol. The van der Waals surface area contributed by atoms with Crippen molar-refractivity contribution < 1.29 is 4.79 Å². The minimum atomic E-state index is -0.376. The summed E-state index contributed by atoms with van der Waals surface area (Å²) < 4.78 is 0.